The third-order valence-corrected chi connectivity index (χ3v) is 4.23. The van der Waals surface area contributed by atoms with Crippen LogP contribution in [-0.4, -0.2) is 33.2 Å². The van der Waals surface area contributed by atoms with Gasteiger partial charge in [-0.05, 0) is 43.6 Å². The van der Waals surface area contributed by atoms with E-state index in [2.05, 4.69) is 37.5 Å². The monoisotopic (exact) mass is 327 g/mol. The normalized spacial score (nSPS) is 15.6. The quantitative estimate of drug-likeness (QED) is 0.903. The fourth-order valence-electron chi connectivity index (χ4n) is 2.91. The average molecular weight is 327 g/mol. The van der Waals surface area contributed by atoms with Crippen LogP contribution in [0.5, 0.6) is 0 Å². The van der Waals surface area contributed by atoms with E-state index in [4.69, 9.17) is 0 Å². The Morgan fingerprint density at radius 2 is 1.79 bits per heavy atom. The van der Waals surface area contributed by atoms with E-state index in [1.807, 2.05) is 32.9 Å². The highest BCUT2D eigenvalue weighted by molar-refractivity contribution is 5.53. The minimum absolute atomic E-state index is 0.203. The van der Waals surface area contributed by atoms with Crippen LogP contribution >= 0.6 is 0 Å². The van der Waals surface area contributed by atoms with Gasteiger partial charge in [-0.25, -0.2) is 0 Å². The molecular formula is C18H25N5O. The molecule has 0 unspecified atom stereocenters. The van der Waals surface area contributed by atoms with Crippen LogP contribution in [0, 0.1) is 0 Å². The van der Waals surface area contributed by atoms with Gasteiger partial charge in [0.05, 0.1) is 0 Å². The second-order valence-corrected chi connectivity index (χ2v) is 7.41. The number of likely N-dealkylation sites (tertiary alicyclic amines) is 1. The maximum Gasteiger partial charge on any atom is 0.274 e. The number of anilines is 2. The molecule has 0 radical (unpaired) electrons. The molecule has 0 saturated carbocycles. The van der Waals surface area contributed by atoms with Crippen molar-refractivity contribution >= 4 is 11.6 Å². The van der Waals surface area contributed by atoms with Crippen LogP contribution in [0.2, 0.25) is 0 Å². The van der Waals surface area contributed by atoms with Crippen molar-refractivity contribution in [1.82, 2.24) is 20.1 Å². The Kier molecular flexibility index (Phi) is 4.66. The Morgan fingerprint density at radius 1 is 1.12 bits per heavy atom. The van der Waals surface area contributed by atoms with E-state index in [0.717, 1.165) is 12.2 Å². The standard InChI is InChI=1S/C18H25N5O/c1-18(2,3)15-16(24)20-17(22-21-15)19-14-8-6-13(7-9-14)12-23-10-4-5-11-23/h6-9H,4-5,10-12H2,1-3H3,(H2,19,20,22,24). The summed E-state index contributed by atoms with van der Waals surface area (Å²) in [6.45, 7) is 9.21. The Labute approximate surface area is 142 Å². The average Bonchev–Trinajstić information content (AvgIpc) is 3.01. The summed E-state index contributed by atoms with van der Waals surface area (Å²) in [5, 5.41) is 11.3. The Hall–Kier alpha value is -2.21. The smallest absolute Gasteiger partial charge is 0.274 e. The third-order valence-electron chi connectivity index (χ3n) is 4.23. The second-order valence-electron chi connectivity index (χ2n) is 7.41. The van der Waals surface area contributed by atoms with Crippen LogP contribution in [-0.2, 0) is 12.0 Å². The molecule has 0 bridgehead atoms. The molecule has 1 aliphatic rings. The molecule has 2 N–H and O–H groups in total. The van der Waals surface area contributed by atoms with Crippen molar-refractivity contribution in [2.45, 2.75) is 45.6 Å². The fourth-order valence-corrected chi connectivity index (χ4v) is 2.91. The van der Waals surface area contributed by atoms with Crippen molar-refractivity contribution in [1.29, 1.82) is 0 Å². The lowest BCUT2D eigenvalue weighted by atomic mass is 9.93. The molecule has 0 spiro atoms. The van der Waals surface area contributed by atoms with Crippen LogP contribution in [0.25, 0.3) is 0 Å². The number of aromatic nitrogens is 3. The summed E-state index contributed by atoms with van der Waals surface area (Å²) in [5.74, 6) is 0.361. The van der Waals surface area contributed by atoms with E-state index in [1.54, 1.807) is 0 Å². The van der Waals surface area contributed by atoms with Crippen molar-refractivity contribution in [2.24, 2.45) is 0 Å². The zero-order valence-electron chi connectivity index (χ0n) is 14.6. The van der Waals surface area contributed by atoms with Crippen LogP contribution in [0.4, 0.5) is 11.6 Å². The molecule has 1 saturated heterocycles. The molecular weight excluding hydrogens is 302 g/mol. The van der Waals surface area contributed by atoms with E-state index >= 15 is 0 Å². The number of benzene rings is 1. The minimum atomic E-state index is -0.323. The number of nitrogens with zero attached hydrogens (tertiary/aromatic N) is 3. The summed E-state index contributed by atoms with van der Waals surface area (Å²) in [6, 6.07) is 8.22. The maximum absolute atomic E-state index is 12.1. The summed E-state index contributed by atoms with van der Waals surface area (Å²) in [5.41, 5.74) is 2.09. The third kappa shape index (κ3) is 4.00. The predicted molar refractivity (Wildman–Crippen MR) is 95.6 cm³/mol. The maximum atomic E-state index is 12.1. The highest BCUT2D eigenvalue weighted by Gasteiger charge is 2.20. The molecule has 6 heteroatoms. The van der Waals surface area contributed by atoms with Crippen LogP contribution in [0.3, 0.4) is 0 Å². The zero-order chi connectivity index (χ0) is 17.2. The SMILES string of the molecule is CC(C)(C)c1nnc(Nc2ccc(CN3CCCC3)cc2)[nH]c1=O. The van der Waals surface area contributed by atoms with E-state index in [-0.39, 0.29) is 11.0 Å². The largest absolute Gasteiger partial charge is 0.324 e. The summed E-state index contributed by atoms with van der Waals surface area (Å²) < 4.78 is 0. The van der Waals surface area contributed by atoms with E-state index in [9.17, 15) is 4.79 Å². The predicted octanol–water partition coefficient (Wildman–Crippen LogP) is 2.80. The highest BCUT2D eigenvalue weighted by Crippen LogP contribution is 2.18. The number of hydrogen-bond donors (Lipinski definition) is 2. The van der Waals surface area contributed by atoms with Crippen molar-refractivity contribution in [2.75, 3.05) is 18.4 Å². The summed E-state index contributed by atoms with van der Waals surface area (Å²) in [6.07, 6.45) is 2.60. The van der Waals surface area contributed by atoms with Gasteiger partial charge < -0.3 is 5.32 Å². The van der Waals surface area contributed by atoms with Gasteiger partial charge >= 0.3 is 0 Å². The molecule has 1 aromatic heterocycles. The zero-order valence-corrected chi connectivity index (χ0v) is 14.6. The minimum Gasteiger partial charge on any atom is -0.324 e. The number of nitrogens with one attached hydrogen (secondary N) is 2. The molecule has 2 heterocycles. The lowest BCUT2D eigenvalue weighted by molar-refractivity contribution is 0.331. The van der Waals surface area contributed by atoms with Gasteiger partial charge in [-0.3, -0.25) is 14.7 Å². The summed E-state index contributed by atoms with van der Waals surface area (Å²) >= 11 is 0. The molecule has 0 aliphatic carbocycles. The molecule has 2 aromatic rings. The van der Waals surface area contributed by atoms with Gasteiger partial charge in [-0.2, -0.15) is 0 Å². The van der Waals surface area contributed by atoms with E-state index in [1.165, 1.54) is 31.5 Å². The molecule has 0 atom stereocenters. The van der Waals surface area contributed by atoms with Crippen LogP contribution in [0.15, 0.2) is 29.1 Å². The molecule has 1 aromatic carbocycles. The van der Waals surface area contributed by atoms with Crippen LogP contribution in [0.1, 0.15) is 44.9 Å². The van der Waals surface area contributed by atoms with Gasteiger partial charge in [0.25, 0.3) is 5.56 Å². The number of rotatable bonds is 4. The van der Waals surface area contributed by atoms with Crippen molar-refractivity contribution < 1.29 is 0 Å². The first-order valence-corrected chi connectivity index (χ1v) is 8.47. The second kappa shape index (κ2) is 6.73. The Morgan fingerprint density at radius 3 is 2.38 bits per heavy atom. The molecule has 1 aliphatic heterocycles. The molecule has 1 fully saturated rings. The number of aromatic amines is 1. The van der Waals surface area contributed by atoms with Gasteiger partial charge in [0.2, 0.25) is 5.95 Å². The van der Waals surface area contributed by atoms with Gasteiger partial charge in [0, 0.05) is 17.6 Å². The molecule has 3 rings (SSSR count). The van der Waals surface area contributed by atoms with Crippen molar-refractivity contribution in [3.05, 3.63) is 45.9 Å². The highest BCUT2D eigenvalue weighted by atomic mass is 16.1. The molecule has 24 heavy (non-hydrogen) atoms. The van der Waals surface area contributed by atoms with E-state index < -0.39 is 0 Å². The number of hydrogen-bond acceptors (Lipinski definition) is 5. The fraction of sp³-hybridized carbons (Fsp3) is 0.500. The van der Waals surface area contributed by atoms with Gasteiger partial charge in [0.1, 0.15) is 5.69 Å². The molecule has 0 amide bonds. The topological polar surface area (TPSA) is 73.9 Å². The lowest BCUT2D eigenvalue weighted by Gasteiger charge is -2.16. The number of H-pyrrole nitrogens is 1. The Balaban J connectivity index is 1.67. The first kappa shape index (κ1) is 16.6. The van der Waals surface area contributed by atoms with Crippen LogP contribution < -0.4 is 10.9 Å². The first-order valence-electron chi connectivity index (χ1n) is 8.47. The molecule has 128 valence electrons. The van der Waals surface area contributed by atoms with Gasteiger partial charge in [-0.1, -0.05) is 32.9 Å². The van der Waals surface area contributed by atoms with Crippen molar-refractivity contribution in [3.8, 4) is 0 Å². The van der Waals surface area contributed by atoms with Crippen molar-refractivity contribution in [3.63, 3.8) is 0 Å². The molecule has 6 nitrogen and oxygen atoms in total. The van der Waals surface area contributed by atoms with Gasteiger partial charge in [-0.15, -0.1) is 10.2 Å². The lowest BCUT2D eigenvalue weighted by Crippen LogP contribution is -2.28. The first-order chi connectivity index (χ1) is 11.4. The van der Waals surface area contributed by atoms with Gasteiger partial charge in [0.15, 0.2) is 0 Å². The Bertz CT molecular complexity index is 739. The summed E-state index contributed by atoms with van der Waals surface area (Å²) in [7, 11) is 0. The summed E-state index contributed by atoms with van der Waals surface area (Å²) in [4.78, 5) is 17.3. The van der Waals surface area contributed by atoms with E-state index in [0.29, 0.717) is 11.6 Å².